The topological polar surface area (TPSA) is 49.3 Å². The summed E-state index contributed by atoms with van der Waals surface area (Å²) in [5.74, 6) is 2.29. The highest BCUT2D eigenvalue weighted by molar-refractivity contribution is 5.72. The number of aliphatic hydroxyl groups excluding tert-OH is 1. The molecular formula is C22H43NO2. The molecule has 0 aliphatic carbocycles. The third kappa shape index (κ3) is 16.4. The minimum absolute atomic E-state index is 0.0777. The second kappa shape index (κ2) is 15.4. The van der Waals surface area contributed by atoms with Crippen LogP contribution >= 0.6 is 0 Å². The lowest BCUT2D eigenvalue weighted by molar-refractivity contribution is -0.119. The Morgan fingerprint density at radius 3 is 1.84 bits per heavy atom. The number of hydrogen-bond donors (Lipinski definition) is 2. The molecule has 1 amide bonds. The minimum Gasteiger partial charge on any atom is -0.392 e. The molecule has 2 N–H and O–H groups in total. The summed E-state index contributed by atoms with van der Waals surface area (Å²) in [6.07, 6.45) is 13.4. The highest BCUT2D eigenvalue weighted by Gasteiger charge is 2.08. The molecule has 0 saturated carbocycles. The van der Waals surface area contributed by atoms with E-state index in [0.717, 1.165) is 24.8 Å². The number of carbonyl (C=O) groups excluding carboxylic acids is 1. The second-order valence-corrected chi connectivity index (χ2v) is 8.24. The van der Waals surface area contributed by atoms with Crippen LogP contribution in [0.1, 0.15) is 92.4 Å². The van der Waals surface area contributed by atoms with Gasteiger partial charge < -0.3 is 10.4 Å². The molecule has 0 bridgehead atoms. The lowest BCUT2D eigenvalue weighted by Gasteiger charge is -2.16. The molecule has 0 rings (SSSR count). The number of nitrogens with one attached hydrogen (secondary N) is 1. The predicted octanol–water partition coefficient (Wildman–Crippen LogP) is 5.48. The Hall–Kier alpha value is -0.830. The third-order valence-electron chi connectivity index (χ3n) is 5.19. The number of amides is 1. The summed E-state index contributed by atoms with van der Waals surface area (Å²) < 4.78 is 0. The summed E-state index contributed by atoms with van der Waals surface area (Å²) in [6, 6.07) is 0. The van der Waals surface area contributed by atoms with E-state index < -0.39 is 0 Å². The van der Waals surface area contributed by atoms with Gasteiger partial charge in [0.15, 0.2) is 0 Å². The third-order valence-corrected chi connectivity index (χ3v) is 5.19. The fraction of sp³-hybridized carbons (Fsp3) is 0.864. The molecule has 0 radical (unpaired) electrons. The first-order chi connectivity index (χ1) is 11.8. The van der Waals surface area contributed by atoms with Crippen LogP contribution in [-0.4, -0.2) is 24.2 Å². The van der Waals surface area contributed by atoms with Crippen LogP contribution < -0.4 is 5.32 Å². The number of hydrogen-bond acceptors (Lipinski definition) is 2. The monoisotopic (exact) mass is 353 g/mol. The largest absolute Gasteiger partial charge is 0.392 e. The van der Waals surface area contributed by atoms with E-state index in [0.29, 0.717) is 5.92 Å². The van der Waals surface area contributed by atoms with Crippen molar-refractivity contribution in [2.45, 2.75) is 92.4 Å². The lowest BCUT2D eigenvalue weighted by Crippen LogP contribution is -2.25. The van der Waals surface area contributed by atoms with Crippen molar-refractivity contribution in [2.75, 3.05) is 13.2 Å². The first kappa shape index (κ1) is 24.2. The van der Waals surface area contributed by atoms with Crippen molar-refractivity contribution in [1.82, 2.24) is 5.32 Å². The van der Waals surface area contributed by atoms with E-state index in [-0.39, 0.29) is 12.5 Å². The molecule has 0 aromatic rings. The molecule has 3 heteroatoms. The smallest absolute Gasteiger partial charge is 0.216 e. The van der Waals surface area contributed by atoms with Crippen molar-refractivity contribution in [3.63, 3.8) is 0 Å². The van der Waals surface area contributed by atoms with E-state index in [4.69, 9.17) is 5.11 Å². The van der Waals surface area contributed by atoms with Crippen molar-refractivity contribution in [3.05, 3.63) is 11.6 Å². The Morgan fingerprint density at radius 2 is 1.36 bits per heavy atom. The molecule has 3 atom stereocenters. The van der Waals surface area contributed by atoms with E-state index in [9.17, 15) is 4.79 Å². The molecular weight excluding hydrogens is 310 g/mol. The Bertz CT molecular complexity index is 365. The Balaban J connectivity index is 3.60. The molecule has 0 fully saturated rings. The Labute approximate surface area is 156 Å². The Kier molecular flexibility index (Phi) is 14.9. The predicted molar refractivity (Wildman–Crippen MR) is 109 cm³/mol. The molecule has 0 aromatic carbocycles. The molecule has 0 aliphatic heterocycles. The van der Waals surface area contributed by atoms with Gasteiger partial charge in [0.05, 0.1) is 6.61 Å². The van der Waals surface area contributed by atoms with E-state index in [2.05, 4.69) is 33.0 Å². The summed E-state index contributed by atoms with van der Waals surface area (Å²) in [5, 5.41) is 11.8. The van der Waals surface area contributed by atoms with Crippen LogP contribution in [0.25, 0.3) is 0 Å². The van der Waals surface area contributed by atoms with Crippen LogP contribution in [0.3, 0.4) is 0 Å². The summed E-state index contributed by atoms with van der Waals surface area (Å²) in [7, 11) is 0. The van der Waals surface area contributed by atoms with Crippen LogP contribution in [-0.2, 0) is 4.79 Å². The van der Waals surface area contributed by atoms with Crippen molar-refractivity contribution < 1.29 is 9.90 Å². The molecule has 25 heavy (non-hydrogen) atoms. The van der Waals surface area contributed by atoms with E-state index in [1.807, 2.05) is 6.08 Å². The summed E-state index contributed by atoms with van der Waals surface area (Å²) in [6.45, 7) is 11.7. The molecule has 0 heterocycles. The fourth-order valence-corrected chi connectivity index (χ4v) is 3.33. The quantitative estimate of drug-likeness (QED) is 0.383. The van der Waals surface area contributed by atoms with Gasteiger partial charge >= 0.3 is 0 Å². The van der Waals surface area contributed by atoms with Gasteiger partial charge in [-0.25, -0.2) is 0 Å². The summed E-state index contributed by atoms with van der Waals surface area (Å²) in [5.41, 5.74) is 1.32. The number of rotatable bonds is 15. The van der Waals surface area contributed by atoms with Gasteiger partial charge in [-0.15, -0.1) is 0 Å². The molecule has 0 aliphatic rings. The zero-order chi connectivity index (χ0) is 19.1. The van der Waals surface area contributed by atoms with Crippen LogP contribution in [0.4, 0.5) is 0 Å². The van der Waals surface area contributed by atoms with Crippen molar-refractivity contribution >= 4 is 5.91 Å². The van der Waals surface area contributed by atoms with Gasteiger partial charge in [-0.2, -0.15) is 0 Å². The van der Waals surface area contributed by atoms with E-state index >= 15 is 0 Å². The lowest BCUT2D eigenvalue weighted by atomic mass is 9.91. The average Bonchev–Trinajstić information content (AvgIpc) is 2.53. The van der Waals surface area contributed by atoms with Crippen molar-refractivity contribution in [2.24, 2.45) is 17.8 Å². The SMILES string of the molecule is CC(=O)NCC(C)CCC[C@@H](C)CCC[C@@H](C)CCC/C(C)=C/CO. The molecule has 0 saturated heterocycles. The highest BCUT2D eigenvalue weighted by atomic mass is 16.2. The molecule has 1 unspecified atom stereocenters. The van der Waals surface area contributed by atoms with Gasteiger partial charge in [-0.3, -0.25) is 4.79 Å². The maximum atomic E-state index is 10.9. The van der Waals surface area contributed by atoms with Gasteiger partial charge in [0.1, 0.15) is 0 Å². The molecule has 148 valence electrons. The van der Waals surface area contributed by atoms with Crippen LogP contribution in [0.2, 0.25) is 0 Å². The van der Waals surface area contributed by atoms with Crippen LogP contribution in [0, 0.1) is 17.8 Å². The number of allylic oxidation sites excluding steroid dienone is 1. The van der Waals surface area contributed by atoms with Crippen molar-refractivity contribution in [3.8, 4) is 0 Å². The van der Waals surface area contributed by atoms with Crippen LogP contribution in [0.15, 0.2) is 11.6 Å². The molecule has 0 aromatic heterocycles. The summed E-state index contributed by atoms with van der Waals surface area (Å²) in [4.78, 5) is 10.9. The van der Waals surface area contributed by atoms with Crippen molar-refractivity contribution in [1.29, 1.82) is 0 Å². The first-order valence-electron chi connectivity index (χ1n) is 10.4. The normalized spacial score (nSPS) is 15.7. The van der Waals surface area contributed by atoms with Gasteiger partial charge in [0, 0.05) is 13.5 Å². The number of aliphatic hydroxyl groups is 1. The highest BCUT2D eigenvalue weighted by Crippen LogP contribution is 2.22. The van der Waals surface area contributed by atoms with E-state index in [1.165, 1.54) is 56.9 Å². The zero-order valence-corrected chi connectivity index (χ0v) is 17.4. The van der Waals surface area contributed by atoms with Gasteiger partial charge in [-0.1, -0.05) is 70.9 Å². The zero-order valence-electron chi connectivity index (χ0n) is 17.4. The number of carbonyl (C=O) groups is 1. The first-order valence-corrected chi connectivity index (χ1v) is 10.4. The maximum absolute atomic E-state index is 10.9. The minimum atomic E-state index is 0.0777. The fourth-order valence-electron chi connectivity index (χ4n) is 3.33. The average molecular weight is 354 g/mol. The van der Waals surface area contributed by atoms with Gasteiger partial charge in [0.2, 0.25) is 5.91 Å². The van der Waals surface area contributed by atoms with Gasteiger partial charge in [0.25, 0.3) is 0 Å². The molecule has 0 spiro atoms. The van der Waals surface area contributed by atoms with Gasteiger partial charge in [-0.05, 0) is 43.9 Å². The summed E-state index contributed by atoms with van der Waals surface area (Å²) >= 11 is 0. The second-order valence-electron chi connectivity index (χ2n) is 8.24. The maximum Gasteiger partial charge on any atom is 0.216 e. The van der Waals surface area contributed by atoms with E-state index in [1.54, 1.807) is 6.92 Å². The molecule has 3 nitrogen and oxygen atoms in total. The Morgan fingerprint density at radius 1 is 0.880 bits per heavy atom. The van der Waals surface area contributed by atoms with Crippen LogP contribution in [0.5, 0.6) is 0 Å². The standard InChI is InChI=1S/C22H43NO2/c1-18(11-7-13-20(3)15-16-24)9-6-10-19(2)12-8-14-21(4)17-23-22(5)25/h15,18-19,21,24H,6-14,16-17H2,1-5H3,(H,23,25)/b20-15+/t18-,19+,21?/m1/s1.